The summed E-state index contributed by atoms with van der Waals surface area (Å²) in [5.74, 6) is 0.946. The number of benzene rings is 1. The standard InChI is InChI=1S/C14H19BrO/c1-3-14(2,12-15)10-7-11-16-13-8-5-4-6-9-13/h3-6,8-9H,1,7,10-12H2,2H3. The Hall–Kier alpha value is -0.760. The van der Waals surface area contributed by atoms with Crippen LogP contribution in [-0.2, 0) is 0 Å². The normalized spacial score (nSPS) is 14.1. The topological polar surface area (TPSA) is 9.23 Å². The third-order valence-electron chi connectivity index (χ3n) is 2.70. The van der Waals surface area contributed by atoms with Crippen LogP contribution in [0.2, 0.25) is 0 Å². The molecule has 0 bridgehead atoms. The highest BCUT2D eigenvalue weighted by Crippen LogP contribution is 2.26. The summed E-state index contributed by atoms with van der Waals surface area (Å²) in [4.78, 5) is 0. The first-order valence-electron chi connectivity index (χ1n) is 5.57. The number of hydrogen-bond acceptors (Lipinski definition) is 1. The predicted molar refractivity (Wildman–Crippen MR) is 73.3 cm³/mol. The molecule has 88 valence electrons. The first-order valence-corrected chi connectivity index (χ1v) is 6.70. The van der Waals surface area contributed by atoms with Crippen molar-refractivity contribution in [2.45, 2.75) is 19.8 Å². The van der Waals surface area contributed by atoms with E-state index in [-0.39, 0.29) is 5.41 Å². The van der Waals surface area contributed by atoms with Crippen molar-refractivity contribution in [1.29, 1.82) is 0 Å². The molecule has 0 aliphatic rings. The van der Waals surface area contributed by atoms with Gasteiger partial charge in [-0.25, -0.2) is 0 Å². The van der Waals surface area contributed by atoms with E-state index in [0.717, 1.165) is 30.5 Å². The Labute approximate surface area is 107 Å². The van der Waals surface area contributed by atoms with Gasteiger partial charge in [0.05, 0.1) is 6.61 Å². The summed E-state index contributed by atoms with van der Waals surface area (Å²) < 4.78 is 5.64. The molecule has 0 aliphatic carbocycles. The number of halogens is 1. The molecular formula is C14H19BrO. The molecule has 0 saturated carbocycles. The quantitative estimate of drug-likeness (QED) is 0.408. The smallest absolute Gasteiger partial charge is 0.119 e. The molecule has 1 aromatic carbocycles. The number of alkyl halides is 1. The lowest BCUT2D eigenvalue weighted by molar-refractivity contribution is 0.284. The number of hydrogen-bond donors (Lipinski definition) is 0. The second-order valence-electron chi connectivity index (χ2n) is 4.26. The summed E-state index contributed by atoms with van der Waals surface area (Å²) in [5, 5.41) is 0.953. The molecule has 0 fully saturated rings. The molecule has 0 aliphatic heterocycles. The SMILES string of the molecule is C=CC(C)(CBr)CCCOc1ccccc1. The first-order chi connectivity index (χ1) is 7.70. The molecule has 0 N–H and O–H groups in total. The average Bonchev–Trinajstić information content (AvgIpc) is 2.36. The van der Waals surface area contributed by atoms with Gasteiger partial charge in [-0.3, -0.25) is 0 Å². The van der Waals surface area contributed by atoms with Crippen LogP contribution in [-0.4, -0.2) is 11.9 Å². The molecule has 0 amide bonds. The van der Waals surface area contributed by atoms with E-state index in [1.54, 1.807) is 0 Å². The Balaban J connectivity index is 2.24. The summed E-state index contributed by atoms with van der Waals surface area (Å²) in [7, 11) is 0. The highest BCUT2D eigenvalue weighted by atomic mass is 79.9. The number of ether oxygens (including phenoxy) is 1. The van der Waals surface area contributed by atoms with Crippen LogP contribution in [0.4, 0.5) is 0 Å². The summed E-state index contributed by atoms with van der Waals surface area (Å²) >= 11 is 3.52. The van der Waals surface area contributed by atoms with Crippen LogP contribution >= 0.6 is 15.9 Å². The van der Waals surface area contributed by atoms with Crippen molar-refractivity contribution in [1.82, 2.24) is 0 Å². The van der Waals surface area contributed by atoms with Gasteiger partial charge in [0.15, 0.2) is 0 Å². The second kappa shape index (κ2) is 6.74. The molecule has 1 atom stereocenters. The lowest BCUT2D eigenvalue weighted by Gasteiger charge is -2.22. The molecule has 1 unspecified atom stereocenters. The molecule has 0 radical (unpaired) electrons. The zero-order valence-electron chi connectivity index (χ0n) is 9.79. The predicted octanol–water partition coefficient (Wildman–Crippen LogP) is 4.43. The highest BCUT2D eigenvalue weighted by Gasteiger charge is 2.17. The zero-order chi connectivity index (χ0) is 11.9. The average molecular weight is 283 g/mol. The maximum absolute atomic E-state index is 5.64. The van der Waals surface area contributed by atoms with Gasteiger partial charge in [0, 0.05) is 5.33 Å². The van der Waals surface area contributed by atoms with E-state index in [9.17, 15) is 0 Å². The third kappa shape index (κ3) is 4.40. The van der Waals surface area contributed by atoms with Crippen LogP contribution in [0.1, 0.15) is 19.8 Å². The number of rotatable bonds is 7. The van der Waals surface area contributed by atoms with Crippen molar-refractivity contribution < 1.29 is 4.74 Å². The van der Waals surface area contributed by atoms with Crippen molar-refractivity contribution in [2.24, 2.45) is 5.41 Å². The largest absolute Gasteiger partial charge is 0.494 e. The van der Waals surface area contributed by atoms with Gasteiger partial charge < -0.3 is 4.74 Å². The number of allylic oxidation sites excluding steroid dienone is 1. The monoisotopic (exact) mass is 282 g/mol. The van der Waals surface area contributed by atoms with Gasteiger partial charge >= 0.3 is 0 Å². The van der Waals surface area contributed by atoms with Gasteiger partial charge in [0.25, 0.3) is 0 Å². The van der Waals surface area contributed by atoms with Crippen LogP contribution in [0, 0.1) is 5.41 Å². The molecule has 16 heavy (non-hydrogen) atoms. The third-order valence-corrected chi connectivity index (χ3v) is 3.98. The Morgan fingerprint density at radius 1 is 1.38 bits per heavy atom. The first kappa shape index (κ1) is 13.3. The van der Waals surface area contributed by atoms with Crippen molar-refractivity contribution in [3.8, 4) is 5.75 Å². The van der Waals surface area contributed by atoms with Gasteiger partial charge in [0.1, 0.15) is 5.75 Å². The van der Waals surface area contributed by atoms with Crippen LogP contribution < -0.4 is 4.74 Å². The summed E-state index contributed by atoms with van der Waals surface area (Å²) in [6.07, 6.45) is 4.15. The minimum Gasteiger partial charge on any atom is -0.494 e. The maximum Gasteiger partial charge on any atom is 0.119 e. The fourth-order valence-corrected chi connectivity index (χ4v) is 1.92. The molecule has 2 heteroatoms. The second-order valence-corrected chi connectivity index (χ2v) is 4.82. The van der Waals surface area contributed by atoms with E-state index in [4.69, 9.17) is 4.74 Å². The lowest BCUT2D eigenvalue weighted by Crippen LogP contribution is -2.15. The van der Waals surface area contributed by atoms with Gasteiger partial charge in [-0.05, 0) is 30.4 Å². The van der Waals surface area contributed by atoms with Gasteiger partial charge in [0.2, 0.25) is 0 Å². The molecule has 0 spiro atoms. The van der Waals surface area contributed by atoms with Crippen molar-refractivity contribution in [3.05, 3.63) is 43.0 Å². The van der Waals surface area contributed by atoms with E-state index in [1.807, 2.05) is 36.4 Å². The Bertz CT molecular complexity index is 310. The van der Waals surface area contributed by atoms with E-state index in [2.05, 4.69) is 29.4 Å². The lowest BCUT2D eigenvalue weighted by atomic mass is 9.88. The van der Waals surface area contributed by atoms with Crippen LogP contribution in [0.5, 0.6) is 5.75 Å². The summed E-state index contributed by atoms with van der Waals surface area (Å²) in [6, 6.07) is 9.93. The minimum absolute atomic E-state index is 0.181. The zero-order valence-corrected chi connectivity index (χ0v) is 11.4. The maximum atomic E-state index is 5.64. The highest BCUT2D eigenvalue weighted by molar-refractivity contribution is 9.09. The van der Waals surface area contributed by atoms with Crippen LogP contribution in [0.25, 0.3) is 0 Å². The van der Waals surface area contributed by atoms with Gasteiger partial charge in [-0.15, -0.1) is 6.58 Å². The van der Waals surface area contributed by atoms with Crippen molar-refractivity contribution in [2.75, 3.05) is 11.9 Å². The van der Waals surface area contributed by atoms with E-state index in [1.165, 1.54) is 0 Å². The minimum atomic E-state index is 0.181. The molecule has 0 aromatic heterocycles. The fourth-order valence-electron chi connectivity index (χ4n) is 1.41. The molecule has 1 aromatic rings. The Morgan fingerprint density at radius 2 is 2.06 bits per heavy atom. The van der Waals surface area contributed by atoms with E-state index < -0.39 is 0 Å². The Morgan fingerprint density at radius 3 is 2.62 bits per heavy atom. The fraction of sp³-hybridized carbons (Fsp3) is 0.429. The van der Waals surface area contributed by atoms with Crippen molar-refractivity contribution in [3.63, 3.8) is 0 Å². The van der Waals surface area contributed by atoms with E-state index in [0.29, 0.717) is 0 Å². The summed E-state index contributed by atoms with van der Waals surface area (Å²) in [6.45, 7) is 6.84. The number of para-hydroxylation sites is 1. The molecule has 1 rings (SSSR count). The van der Waals surface area contributed by atoms with Gasteiger partial charge in [-0.2, -0.15) is 0 Å². The van der Waals surface area contributed by atoms with Crippen LogP contribution in [0.15, 0.2) is 43.0 Å². The summed E-state index contributed by atoms with van der Waals surface area (Å²) in [5.41, 5.74) is 0.181. The van der Waals surface area contributed by atoms with E-state index >= 15 is 0 Å². The molecule has 1 nitrogen and oxygen atoms in total. The van der Waals surface area contributed by atoms with Gasteiger partial charge in [-0.1, -0.05) is 47.1 Å². The van der Waals surface area contributed by atoms with Crippen molar-refractivity contribution >= 4 is 15.9 Å². The molecule has 0 saturated heterocycles. The molecular weight excluding hydrogens is 264 g/mol. The van der Waals surface area contributed by atoms with Crippen LogP contribution in [0.3, 0.4) is 0 Å². The Kier molecular flexibility index (Phi) is 5.61. The molecule has 0 heterocycles.